The highest BCUT2D eigenvalue weighted by Crippen LogP contribution is 2.29. The van der Waals surface area contributed by atoms with Gasteiger partial charge in [0, 0.05) is 18.1 Å². The molecule has 1 amide bonds. The third-order valence-corrected chi connectivity index (χ3v) is 5.73. The fraction of sp³-hybridized carbons (Fsp3) is 0.500. The van der Waals surface area contributed by atoms with Gasteiger partial charge in [-0.05, 0) is 25.0 Å². The van der Waals surface area contributed by atoms with Crippen LogP contribution in [0.3, 0.4) is 0 Å². The monoisotopic (exact) mass is 343 g/mol. The third kappa shape index (κ3) is 3.21. The Morgan fingerprint density at radius 2 is 2.25 bits per heavy atom. The quantitative estimate of drug-likeness (QED) is 0.860. The van der Waals surface area contributed by atoms with E-state index in [4.69, 9.17) is 4.74 Å². The first-order valence-corrected chi connectivity index (χ1v) is 9.46. The molecule has 1 aliphatic carbocycles. The van der Waals surface area contributed by atoms with Crippen molar-refractivity contribution in [2.75, 3.05) is 13.2 Å². The van der Waals surface area contributed by atoms with Crippen LogP contribution in [0, 0.1) is 0 Å². The van der Waals surface area contributed by atoms with Crippen LogP contribution < -0.4 is 0 Å². The van der Waals surface area contributed by atoms with E-state index in [1.807, 2.05) is 28.5 Å². The van der Waals surface area contributed by atoms with E-state index in [9.17, 15) is 4.79 Å². The summed E-state index contributed by atoms with van der Waals surface area (Å²) >= 11 is 1.55. The molecular weight excluding hydrogens is 322 g/mol. The van der Waals surface area contributed by atoms with Crippen molar-refractivity contribution < 1.29 is 9.53 Å². The van der Waals surface area contributed by atoms with Gasteiger partial charge in [0.2, 0.25) is 5.91 Å². The summed E-state index contributed by atoms with van der Waals surface area (Å²) < 4.78 is 5.86. The lowest BCUT2D eigenvalue weighted by Gasteiger charge is -2.43. The number of carbonyl (C=O) groups excluding carboxylic acids is 1. The van der Waals surface area contributed by atoms with Crippen LogP contribution >= 0.6 is 11.3 Å². The minimum absolute atomic E-state index is 0.174. The first kappa shape index (κ1) is 15.7. The maximum atomic E-state index is 12.8. The number of amides is 1. The van der Waals surface area contributed by atoms with Crippen LogP contribution in [0.25, 0.3) is 10.7 Å². The van der Waals surface area contributed by atoms with Gasteiger partial charge in [-0.15, -0.1) is 11.3 Å². The zero-order chi connectivity index (χ0) is 16.4. The maximum Gasteiger partial charge on any atom is 0.229 e. The predicted octanol–water partition coefficient (Wildman–Crippen LogP) is 2.92. The smallest absolute Gasteiger partial charge is 0.229 e. The minimum atomic E-state index is 0.174. The molecule has 0 spiro atoms. The average molecular weight is 343 g/mol. The number of aromatic nitrogens is 2. The fourth-order valence-electron chi connectivity index (χ4n) is 3.66. The lowest BCUT2D eigenvalue weighted by Crippen LogP contribution is -2.55. The lowest BCUT2D eigenvalue weighted by molar-refractivity contribution is -0.148. The highest BCUT2D eigenvalue weighted by Gasteiger charge is 2.36. The second-order valence-corrected chi connectivity index (χ2v) is 7.24. The first-order chi connectivity index (χ1) is 11.8. The number of hydrogen-bond acceptors (Lipinski definition) is 5. The third-order valence-electron chi connectivity index (χ3n) is 4.82. The number of ether oxygens (including phenoxy) is 1. The summed E-state index contributed by atoms with van der Waals surface area (Å²) in [4.78, 5) is 23.7. The zero-order valence-corrected chi connectivity index (χ0v) is 14.4. The molecule has 126 valence electrons. The second kappa shape index (κ2) is 6.99. The van der Waals surface area contributed by atoms with Crippen molar-refractivity contribution in [1.29, 1.82) is 0 Å². The highest BCUT2D eigenvalue weighted by molar-refractivity contribution is 7.13. The molecule has 1 aliphatic heterocycles. The number of thiazole rings is 1. The van der Waals surface area contributed by atoms with Crippen LogP contribution in [0.5, 0.6) is 0 Å². The number of pyridine rings is 1. The van der Waals surface area contributed by atoms with Gasteiger partial charge >= 0.3 is 0 Å². The van der Waals surface area contributed by atoms with Crippen molar-refractivity contribution in [2.24, 2.45) is 0 Å². The van der Waals surface area contributed by atoms with Crippen LogP contribution in [-0.4, -0.2) is 46.1 Å². The molecule has 4 rings (SSSR count). The standard InChI is InChI=1S/C18H21N3O2S/c22-17(21-9-10-23-16-7-2-1-6-15(16)21)11-13-12-24-18(20-13)14-5-3-4-8-19-14/h3-5,8,12,15-16H,1-2,6-7,9-11H2/t15-,16+/m0/s1. The van der Waals surface area contributed by atoms with E-state index in [0.717, 1.165) is 29.2 Å². The van der Waals surface area contributed by atoms with E-state index in [0.29, 0.717) is 19.6 Å². The van der Waals surface area contributed by atoms with Crippen molar-refractivity contribution in [2.45, 2.75) is 44.2 Å². The topological polar surface area (TPSA) is 55.3 Å². The predicted molar refractivity (Wildman–Crippen MR) is 92.8 cm³/mol. The molecule has 2 atom stereocenters. The number of fused-ring (bicyclic) bond motifs is 1. The summed E-state index contributed by atoms with van der Waals surface area (Å²) in [5.74, 6) is 0.174. The van der Waals surface area contributed by atoms with Gasteiger partial charge in [0.15, 0.2) is 0 Å². The van der Waals surface area contributed by atoms with Gasteiger partial charge in [-0.2, -0.15) is 0 Å². The van der Waals surface area contributed by atoms with E-state index < -0.39 is 0 Å². The summed E-state index contributed by atoms with van der Waals surface area (Å²) in [6.45, 7) is 1.36. The van der Waals surface area contributed by atoms with Crippen molar-refractivity contribution in [3.8, 4) is 10.7 Å². The van der Waals surface area contributed by atoms with Gasteiger partial charge in [0.1, 0.15) is 5.01 Å². The van der Waals surface area contributed by atoms with Gasteiger partial charge in [0.25, 0.3) is 0 Å². The number of rotatable bonds is 3. The Morgan fingerprint density at radius 3 is 3.12 bits per heavy atom. The average Bonchev–Trinajstić information content (AvgIpc) is 3.10. The summed E-state index contributed by atoms with van der Waals surface area (Å²) in [5.41, 5.74) is 1.70. The molecule has 2 fully saturated rings. The Bertz CT molecular complexity index is 701. The van der Waals surface area contributed by atoms with Crippen molar-refractivity contribution in [1.82, 2.24) is 14.9 Å². The van der Waals surface area contributed by atoms with E-state index in [1.165, 1.54) is 12.8 Å². The number of hydrogen-bond donors (Lipinski definition) is 0. The fourth-order valence-corrected chi connectivity index (χ4v) is 4.45. The first-order valence-electron chi connectivity index (χ1n) is 8.58. The number of morpholine rings is 1. The molecular formula is C18H21N3O2S. The molecule has 2 aliphatic rings. The van der Waals surface area contributed by atoms with Crippen LogP contribution in [0.1, 0.15) is 31.4 Å². The van der Waals surface area contributed by atoms with Crippen LogP contribution in [0.4, 0.5) is 0 Å². The summed E-state index contributed by atoms with van der Waals surface area (Å²) in [6.07, 6.45) is 6.90. The van der Waals surface area contributed by atoms with Gasteiger partial charge < -0.3 is 9.64 Å². The molecule has 0 N–H and O–H groups in total. The molecule has 3 heterocycles. The Kier molecular flexibility index (Phi) is 4.58. The lowest BCUT2D eigenvalue weighted by atomic mass is 9.90. The van der Waals surface area contributed by atoms with E-state index in [1.54, 1.807) is 17.5 Å². The van der Waals surface area contributed by atoms with Gasteiger partial charge in [0.05, 0.1) is 36.6 Å². The summed E-state index contributed by atoms with van der Waals surface area (Å²) in [7, 11) is 0. The Hall–Kier alpha value is -1.79. The van der Waals surface area contributed by atoms with Crippen LogP contribution in [-0.2, 0) is 16.0 Å². The van der Waals surface area contributed by atoms with Crippen molar-refractivity contribution >= 4 is 17.2 Å². The molecule has 1 saturated carbocycles. The molecule has 2 aromatic heterocycles. The van der Waals surface area contributed by atoms with Gasteiger partial charge in [-0.25, -0.2) is 4.98 Å². The molecule has 0 aromatic carbocycles. The SMILES string of the molecule is O=C(Cc1csc(-c2ccccn2)n1)N1CCO[C@@H]2CCCC[C@@H]21. The van der Waals surface area contributed by atoms with E-state index in [-0.39, 0.29) is 18.1 Å². The highest BCUT2D eigenvalue weighted by atomic mass is 32.1. The molecule has 0 unspecified atom stereocenters. The molecule has 0 radical (unpaired) electrons. The molecule has 2 aromatic rings. The summed E-state index contributed by atoms with van der Waals surface area (Å²) in [6, 6.07) is 6.04. The van der Waals surface area contributed by atoms with E-state index >= 15 is 0 Å². The normalized spacial score (nSPS) is 23.8. The van der Waals surface area contributed by atoms with Gasteiger partial charge in [-0.3, -0.25) is 9.78 Å². The second-order valence-electron chi connectivity index (χ2n) is 6.38. The van der Waals surface area contributed by atoms with Gasteiger partial charge in [-0.1, -0.05) is 18.9 Å². The molecule has 5 nitrogen and oxygen atoms in total. The zero-order valence-electron chi connectivity index (χ0n) is 13.6. The minimum Gasteiger partial charge on any atom is -0.374 e. The molecule has 1 saturated heterocycles. The molecule has 6 heteroatoms. The number of nitrogens with zero attached hydrogens (tertiary/aromatic N) is 3. The maximum absolute atomic E-state index is 12.8. The van der Waals surface area contributed by atoms with Crippen LogP contribution in [0.15, 0.2) is 29.8 Å². The van der Waals surface area contributed by atoms with Crippen molar-refractivity contribution in [3.63, 3.8) is 0 Å². The molecule has 0 bridgehead atoms. The Labute approximate surface area is 145 Å². The Balaban J connectivity index is 1.45. The van der Waals surface area contributed by atoms with Crippen LogP contribution in [0.2, 0.25) is 0 Å². The van der Waals surface area contributed by atoms with E-state index in [2.05, 4.69) is 9.97 Å². The summed E-state index contributed by atoms with van der Waals surface area (Å²) in [5, 5.41) is 2.84. The van der Waals surface area contributed by atoms with Crippen molar-refractivity contribution in [3.05, 3.63) is 35.5 Å². The largest absolute Gasteiger partial charge is 0.374 e. The number of carbonyl (C=O) groups is 1. The Morgan fingerprint density at radius 1 is 1.33 bits per heavy atom. The molecule has 24 heavy (non-hydrogen) atoms.